The van der Waals surface area contributed by atoms with Crippen molar-refractivity contribution in [2.45, 2.75) is 4.90 Å². The van der Waals surface area contributed by atoms with E-state index < -0.39 is 10.1 Å². The zero-order valence-electron chi connectivity index (χ0n) is 6.80. The van der Waals surface area contributed by atoms with Gasteiger partial charge in [0.25, 0.3) is 10.1 Å². The number of nitrogens with one attached hydrogen (secondary N) is 1. The van der Waals surface area contributed by atoms with E-state index in [1.807, 2.05) is 0 Å². The van der Waals surface area contributed by atoms with E-state index in [1.54, 1.807) is 0 Å². The van der Waals surface area contributed by atoms with Gasteiger partial charge in [0.05, 0.1) is 22.0 Å². The van der Waals surface area contributed by atoms with Gasteiger partial charge >= 0.3 is 0 Å². The molecule has 1 heterocycles. The van der Waals surface area contributed by atoms with Crippen molar-refractivity contribution in [1.29, 1.82) is 0 Å². The minimum absolute atomic E-state index is 0.246. The molecule has 0 bridgehead atoms. The van der Waals surface area contributed by atoms with Crippen LogP contribution in [0.25, 0.3) is 10.9 Å². The van der Waals surface area contributed by atoms with E-state index in [-0.39, 0.29) is 10.6 Å². The number of H-pyrrole nitrogens is 1. The Morgan fingerprint density at radius 3 is 2.71 bits per heavy atom. The van der Waals surface area contributed by atoms with Gasteiger partial charge in [0.15, 0.2) is 0 Å². The molecule has 1 aromatic heterocycles. The quantitative estimate of drug-likeness (QED) is 0.600. The minimum Gasteiger partial charge on any atom is -0.507 e. The summed E-state index contributed by atoms with van der Waals surface area (Å²) in [6, 6.07) is 2.16. The molecule has 7 heteroatoms. The second-order valence-corrected chi connectivity index (χ2v) is 4.17. The number of aromatic amines is 1. The maximum Gasteiger partial charge on any atom is 0.294 e. The van der Waals surface area contributed by atoms with Crippen LogP contribution in [-0.4, -0.2) is 28.3 Å². The Morgan fingerprint density at radius 1 is 1.36 bits per heavy atom. The number of aromatic nitrogens is 2. The number of fused-ring (bicyclic) bond motifs is 1. The van der Waals surface area contributed by atoms with Crippen LogP contribution in [-0.2, 0) is 10.1 Å². The van der Waals surface area contributed by atoms with Crippen molar-refractivity contribution in [2.75, 3.05) is 0 Å². The summed E-state index contributed by atoms with van der Waals surface area (Å²) in [6.45, 7) is 0. The standard InChI is InChI=1S/C7H6N2O4S/c10-7-2-4(14(11,12)13)1-6-5(7)3-8-9-6/h1-3,10H,(H,8,9)(H,11,12,13). The fourth-order valence-corrected chi connectivity index (χ4v) is 1.68. The molecule has 0 spiro atoms. The molecule has 0 radical (unpaired) electrons. The first-order valence-electron chi connectivity index (χ1n) is 3.62. The third-order valence-electron chi connectivity index (χ3n) is 1.81. The van der Waals surface area contributed by atoms with Gasteiger partial charge in [-0.1, -0.05) is 0 Å². The molecule has 3 N–H and O–H groups in total. The van der Waals surface area contributed by atoms with Crippen molar-refractivity contribution < 1.29 is 18.1 Å². The smallest absolute Gasteiger partial charge is 0.294 e. The van der Waals surface area contributed by atoms with E-state index in [9.17, 15) is 13.5 Å². The van der Waals surface area contributed by atoms with Crippen molar-refractivity contribution in [3.8, 4) is 5.75 Å². The molecule has 2 aromatic rings. The highest BCUT2D eigenvalue weighted by molar-refractivity contribution is 7.85. The lowest BCUT2D eigenvalue weighted by atomic mass is 10.2. The largest absolute Gasteiger partial charge is 0.507 e. The maximum atomic E-state index is 10.8. The number of hydrogen-bond donors (Lipinski definition) is 3. The third-order valence-corrected chi connectivity index (χ3v) is 2.64. The summed E-state index contributed by atoms with van der Waals surface area (Å²) in [4.78, 5) is -0.369. The molecule has 0 saturated heterocycles. The van der Waals surface area contributed by atoms with Crippen molar-refractivity contribution in [3.63, 3.8) is 0 Å². The first-order chi connectivity index (χ1) is 6.48. The molecular formula is C7H6N2O4S. The van der Waals surface area contributed by atoms with Crippen LogP contribution in [0.4, 0.5) is 0 Å². The minimum atomic E-state index is -4.30. The molecule has 14 heavy (non-hydrogen) atoms. The van der Waals surface area contributed by atoms with Gasteiger partial charge in [0.1, 0.15) is 5.75 Å². The third kappa shape index (κ3) is 1.32. The second kappa shape index (κ2) is 2.69. The summed E-state index contributed by atoms with van der Waals surface area (Å²) in [6.07, 6.45) is 1.36. The molecule has 0 atom stereocenters. The fourth-order valence-electron chi connectivity index (χ4n) is 1.16. The number of nitrogens with zero attached hydrogens (tertiary/aromatic N) is 1. The maximum absolute atomic E-state index is 10.8. The summed E-state index contributed by atoms with van der Waals surface area (Å²) in [5.74, 6) is -0.246. The van der Waals surface area contributed by atoms with Crippen molar-refractivity contribution >= 4 is 21.0 Å². The Balaban J connectivity index is 2.83. The predicted octanol–water partition coefficient (Wildman–Crippen LogP) is 0.515. The van der Waals surface area contributed by atoms with Crippen LogP contribution < -0.4 is 0 Å². The van der Waals surface area contributed by atoms with Crippen molar-refractivity contribution in [1.82, 2.24) is 10.2 Å². The van der Waals surface area contributed by atoms with E-state index in [4.69, 9.17) is 4.55 Å². The molecule has 0 aliphatic carbocycles. The lowest BCUT2D eigenvalue weighted by Crippen LogP contribution is -1.97. The average Bonchev–Trinajstić information content (AvgIpc) is 2.50. The van der Waals surface area contributed by atoms with Gasteiger partial charge in [0.2, 0.25) is 0 Å². The van der Waals surface area contributed by atoms with E-state index >= 15 is 0 Å². The van der Waals surface area contributed by atoms with Gasteiger partial charge in [-0.3, -0.25) is 9.65 Å². The van der Waals surface area contributed by atoms with Gasteiger partial charge in [-0.25, -0.2) is 0 Å². The zero-order valence-corrected chi connectivity index (χ0v) is 7.61. The van der Waals surface area contributed by atoms with Gasteiger partial charge in [-0.2, -0.15) is 13.5 Å². The fraction of sp³-hybridized carbons (Fsp3) is 0. The summed E-state index contributed by atoms with van der Waals surface area (Å²) in [5, 5.41) is 15.9. The Kier molecular flexibility index (Phi) is 1.73. The summed E-state index contributed by atoms with van der Waals surface area (Å²) in [7, 11) is -4.30. The Labute approximate surface area is 78.9 Å². The summed E-state index contributed by atoms with van der Waals surface area (Å²) < 4.78 is 30.3. The number of aromatic hydroxyl groups is 1. The Hall–Kier alpha value is -1.60. The lowest BCUT2D eigenvalue weighted by Gasteiger charge is -1.98. The normalized spacial score (nSPS) is 12.1. The SMILES string of the molecule is O=S(=O)(O)c1cc(O)c2cn[nH]c2c1. The topological polar surface area (TPSA) is 103 Å². The van der Waals surface area contributed by atoms with Gasteiger partial charge in [0, 0.05) is 6.07 Å². The molecule has 1 aromatic carbocycles. The predicted molar refractivity (Wildman–Crippen MR) is 47.6 cm³/mol. The molecule has 2 rings (SSSR count). The van der Waals surface area contributed by atoms with Crippen molar-refractivity contribution in [2.24, 2.45) is 0 Å². The highest BCUT2D eigenvalue weighted by atomic mass is 32.2. The van der Waals surface area contributed by atoms with Crippen LogP contribution in [0.5, 0.6) is 5.75 Å². The van der Waals surface area contributed by atoms with Crippen LogP contribution in [0.2, 0.25) is 0 Å². The van der Waals surface area contributed by atoms with Crippen LogP contribution in [0.3, 0.4) is 0 Å². The number of hydrogen-bond acceptors (Lipinski definition) is 4. The lowest BCUT2D eigenvalue weighted by molar-refractivity contribution is 0.471. The Morgan fingerprint density at radius 2 is 2.07 bits per heavy atom. The van der Waals surface area contributed by atoms with Gasteiger partial charge < -0.3 is 5.11 Å². The average molecular weight is 214 g/mol. The molecule has 0 aliphatic rings. The van der Waals surface area contributed by atoms with E-state index in [2.05, 4.69) is 10.2 Å². The molecule has 74 valence electrons. The highest BCUT2D eigenvalue weighted by Crippen LogP contribution is 2.26. The summed E-state index contributed by atoms with van der Waals surface area (Å²) >= 11 is 0. The monoisotopic (exact) mass is 214 g/mol. The molecule has 0 fully saturated rings. The zero-order chi connectivity index (χ0) is 10.3. The molecule has 0 amide bonds. The van der Waals surface area contributed by atoms with Crippen LogP contribution in [0, 0.1) is 0 Å². The van der Waals surface area contributed by atoms with E-state index in [0.29, 0.717) is 10.9 Å². The molecule has 6 nitrogen and oxygen atoms in total. The second-order valence-electron chi connectivity index (χ2n) is 2.75. The number of phenols is 1. The van der Waals surface area contributed by atoms with E-state index in [0.717, 1.165) is 6.07 Å². The Bertz CT molecular complexity index is 587. The number of rotatable bonds is 1. The summed E-state index contributed by atoms with van der Waals surface area (Å²) in [5.41, 5.74) is 0.345. The molecule has 0 aliphatic heterocycles. The van der Waals surface area contributed by atoms with Crippen LogP contribution >= 0.6 is 0 Å². The number of benzene rings is 1. The van der Waals surface area contributed by atoms with Gasteiger partial charge in [-0.15, -0.1) is 0 Å². The number of phenolic OH excluding ortho intramolecular Hbond substituents is 1. The van der Waals surface area contributed by atoms with Crippen molar-refractivity contribution in [3.05, 3.63) is 18.3 Å². The van der Waals surface area contributed by atoms with Crippen LogP contribution in [0.1, 0.15) is 0 Å². The highest BCUT2D eigenvalue weighted by Gasteiger charge is 2.13. The van der Waals surface area contributed by atoms with Crippen LogP contribution in [0.15, 0.2) is 23.2 Å². The molecular weight excluding hydrogens is 208 g/mol. The first kappa shape index (κ1) is 8.97. The van der Waals surface area contributed by atoms with E-state index in [1.165, 1.54) is 12.3 Å². The first-order valence-corrected chi connectivity index (χ1v) is 5.06. The van der Waals surface area contributed by atoms with Gasteiger partial charge in [-0.05, 0) is 6.07 Å². The molecule has 0 saturated carbocycles. The molecule has 0 unspecified atom stereocenters.